The molecule has 0 aromatic heterocycles. The third kappa shape index (κ3) is 4.09. The number of para-hydroxylation sites is 1. The van der Waals surface area contributed by atoms with Crippen LogP contribution in [0, 0.1) is 10.1 Å². The first-order chi connectivity index (χ1) is 12.2. The Morgan fingerprint density at radius 1 is 0.800 bits per heavy atom. The number of carbonyl (C=O) groups excluding carboxylic acids is 1. The van der Waals surface area contributed by atoms with Gasteiger partial charge in [-0.25, -0.2) is 0 Å². The van der Waals surface area contributed by atoms with Crippen LogP contribution in [0.15, 0.2) is 84.9 Å². The van der Waals surface area contributed by atoms with Crippen molar-refractivity contribution in [1.29, 1.82) is 0 Å². The fourth-order valence-corrected chi connectivity index (χ4v) is 8.77. The molecule has 3 aromatic carbocycles. The summed E-state index contributed by atoms with van der Waals surface area (Å²) in [6.07, 6.45) is 0. The second kappa shape index (κ2) is 7.99. The van der Waals surface area contributed by atoms with Gasteiger partial charge in [0.2, 0.25) is 0 Å². The molecule has 0 N–H and O–H groups in total. The van der Waals surface area contributed by atoms with Crippen molar-refractivity contribution in [3.63, 3.8) is 0 Å². The molecule has 6 heteroatoms. The van der Waals surface area contributed by atoms with Gasteiger partial charge in [-0.05, 0) is 0 Å². The second-order valence-corrected chi connectivity index (χ2v) is 12.1. The van der Waals surface area contributed by atoms with Crippen LogP contribution >= 0.6 is 0 Å². The van der Waals surface area contributed by atoms with E-state index in [0.29, 0.717) is 0 Å². The van der Waals surface area contributed by atoms with Crippen LogP contribution in [0.5, 0.6) is 0 Å². The quantitative estimate of drug-likeness (QED) is 0.290. The van der Waals surface area contributed by atoms with E-state index in [-0.39, 0.29) is 11.3 Å². The molecule has 0 amide bonds. The summed E-state index contributed by atoms with van der Waals surface area (Å²) < 4.78 is 7.85. The molecule has 0 bridgehead atoms. The summed E-state index contributed by atoms with van der Waals surface area (Å²) in [5, 5.41) is 11.2. The molecule has 5 nitrogen and oxygen atoms in total. The van der Waals surface area contributed by atoms with E-state index in [1.807, 2.05) is 60.7 Å². The van der Waals surface area contributed by atoms with Crippen molar-refractivity contribution in [3.8, 4) is 0 Å². The normalized spacial score (nSPS) is 10.4. The molecule has 0 fully saturated rings. The van der Waals surface area contributed by atoms with Crippen molar-refractivity contribution in [2.75, 3.05) is 0 Å². The van der Waals surface area contributed by atoms with E-state index in [9.17, 15) is 14.9 Å². The molecule has 124 valence electrons. The van der Waals surface area contributed by atoms with Gasteiger partial charge in [0.05, 0.1) is 0 Å². The Bertz CT molecular complexity index is 845. The van der Waals surface area contributed by atoms with Crippen molar-refractivity contribution in [3.05, 3.63) is 101 Å². The Morgan fingerprint density at radius 2 is 1.28 bits per heavy atom. The van der Waals surface area contributed by atoms with Crippen LogP contribution < -0.4 is 6.54 Å². The van der Waals surface area contributed by atoms with Crippen molar-refractivity contribution < 1.29 is 12.5 Å². The Hall–Kier alpha value is -2.59. The van der Waals surface area contributed by atoms with Crippen LogP contribution in [0.2, 0.25) is 0 Å². The molecular weight excluding hydrogens is 515 g/mol. The minimum atomic E-state index is -3.08. The van der Waals surface area contributed by atoms with Gasteiger partial charge in [-0.3, -0.25) is 0 Å². The Kier molecular flexibility index (Phi) is 5.51. The fraction of sp³-hybridized carbons (Fsp3) is 0. The van der Waals surface area contributed by atoms with Gasteiger partial charge in [0.25, 0.3) is 0 Å². The van der Waals surface area contributed by atoms with Crippen molar-refractivity contribution >= 4 is 40.4 Å². The standard InChI is InChI=1S/C7H5NO4.2C6H5.Bi/c9-7(10)5-3-1-2-4-6(5)8(11)12;2*1-2-4-6-5-3-1;/h1-4H,(H,9,10);2*1-5H;/q;;;+1/p-1. The monoisotopic (exact) mass is 529 g/mol. The number of benzene rings is 3. The Morgan fingerprint density at radius 3 is 1.80 bits per heavy atom. The number of rotatable bonds is 5. The summed E-state index contributed by atoms with van der Waals surface area (Å²) in [5.74, 6) is -0.641. The molecule has 0 saturated heterocycles. The molecule has 0 aliphatic heterocycles. The molecule has 25 heavy (non-hydrogen) atoms. The van der Waals surface area contributed by atoms with E-state index in [2.05, 4.69) is 0 Å². The average Bonchev–Trinajstić information content (AvgIpc) is 2.67. The third-order valence-electron chi connectivity index (χ3n) is 3.48. The summed E-state index contributed by atoms with van der Waals surface area (Å²) in [7, 11) is 0. The van der Waals surface area contributed by atoms with Crippen molar-refractivity contribution in [1.82, 2.24) is 0 Å². The topological polar surface area (TPSA) is 69.4 Å². The van der Waals surface area contributed by atoms with E-state index >= 15 is 0 Å². The van der Waals surface area contributed by atoms with Gasteiger partial charge in [0.1, 0.15) is 0 Å². The summed E-state index contributed by atoms with van der Waals surface area (Å²) in [4.78, 5) is 23.3. The van der Waals surface area contributed by atoms with Gasteiger partial charge in [-0.15, -0.1) is 0 Å². The molecule has 0 saturated carbocycles. The number of hydrogen-bond acceptors (Lipinski definition) is 4. The van der Waals surface area contributed by atoms with Gasteiger partial charge in [-0.1, -0.05) is 0 Å². The van der Waals surface area contributed by atoms with Crippen LogP contribution in [-0.2, 0) is 2.81 Å². The van der Waals surface area contributed by atoms with Crippen LogP contribution in [0.1, 0.15) is 10.4 Å². The summed E-state index contributed by atoms with van der Waals surface area (Å²) >= 11 is -3.08. The van der Waals surface area contributed by atoms with E-state index in [4.69, 9.17) is 2.81 Å². The molecule has 3 rings (SSSR count). The van der Waals surface area contributed by atoms with Gasteiger partial charge >= 0.3 is 154 Å². The number of nitro benzene ring substituents is 1. The van der Waals surface area contributed by atoms with E-state index in [1.165, 1.54) is 18.2 Å². The van der Waals surface area contributed by atoms with Crippen LogP contribution in [0.3, 0.4) is 0 Å². The average molecular weight is 529 g/mol. The van der Waals surface area contributed by atoms with E-state index in [0.717, 1.165) is 6.54 Å². The van der Waals surface area contributed by atoms with Gasteiger partial charge in [0.15, 0.2) is 0 Å². The molecule has 0 radical (unpaired) electrons. The molecule has 0 unspecified atom stereocenters. The van der Waals surface area contributed by atoms with Gasteiger partial charge in [0, 0.05) is 0 Å². The molecule has 0 aliphatic carbocycles. The Balaban J connectivity index is 1.97. The summed E-state index contributed by atoms with van der Waals surface area (Å²) in [6.45, 7) is 0. The zero-order chi connectivity index (χ0) is 17.6. The molecule has 0 heterocycles. The fourth-order valence-electron chi connectivity index (χ4n) is 2.32. The van der Waals surface area contributed by atoms with Crippen LogP contribution in [0.25, 0.3) is 0 Å². The minimum absolute atomic E-state index is 0.0145. The third-order valence-corrected chi connectivity index (χ3v) is 10.8. The number of nitro groups is 1. The number of carbonyl (C=O) groups is 1. The van der Waals surface area contributed by atoms with Crippen LogP contribution in [0.4, 0.5) is 5.69 Å². The second-order valence-electron chi connectivity index (χ2n) is 5.12. The predicted molar refractivity (Wildman–Crippen MR) is 96.4 cm³/mol. The summed E-state index contributed by atoms with van der Waals surface area (Å²) in [6, 6.07) is 25.1. The maximum atomic E-state index is 12.7. The van der Waals surface area contributed by atoms with Gasteiger partial charge in [-0.2, -0.15) is 0 Å². The van der Waals surface area contributed by atoms with Crippen LogP contribution in [-0.4, -0.2) is 33.1 Å². The first-order valence-electron chi connectivity index (χ1n) is 7.53. The van der Waals surface area contributed by atoms with E-state index in [1.54, 1.807) is 6.07 Å². The molecule has 0 atom stereocenters. The SMILES string of the molecule is O=C([O][Bi]([c]1ccccc1)[c]1ccccc1)c1ccccc1[N+](=O)[O-]. The molecule has 3 aromatic rings. The number of nitrogens with zero attached hydrogens (tertiary/aromatic N) is 1. The van der Waals surface area contributed by atoms with Crippen molar-refractivity contribution in [2.24, 2.45) is 0 Å². The number of hydrogen-bond donors (Lipinski definition) is 0. The maximum absolute atomic E-state index is 12.7. The molecule has 0 aliphatic rings. The first-order valence-corrected chi connectivity index (χ1v) is 12.4. The first kappa shape index (κ1) is 17.2. The van der Waals surface area contributed by atoms with Crippen molar-refractivity contribution in [2.45, 2.75) is 0 Å². The van der Waals surface area contributed by atoms with Gasteiger partial charge < -0.3 is 0 Å². The zero-order valence-electron chi connectivity index (χ0n) is 13.1. The molecular formula is C19H14BiNO4. The predicted octanol–water partition coefficient (Wildman–Crippen LogP) is 2.56. The van der Waals surface area contributed by atoms with E-state index < -0.39 is 33.1 Å². The summed E-state index contributed by atoms with van der Waals surface area (Å²) in [5.41, 5.74) is -0.253. The zero-order valence-corrected chi connectivity index (χ0v) is 16.6. The molecule has 0 spiro atoms. The Labute approximate surface area is 153 Å².